The van der Waals surface area contributed by atoms with Crippen molar-refractivity contribution in [3.63, 3.8) is 0 Å². The van der Waals surface area contributed by atoms with E-state index in [1.807, 2.05) is 24.3 Å². The molecule has 0 bridgehead atoms. The first-order valence-electron chi connectivity index (χ1n) is 7.24. The van der Waals surface area contributed by atoms with Gasteiger partial charge in [-0.15, -0.1) is 0 Å². The molecule has 0 saturated carbocycles. The molecule has 1 heterocycles. The van der Waals surface area contributed by atoms with Crippen molar-refractivity contribution < 1.29 is 17.9 Å². The minimum atomic E-state index is -4.30. The molecule has 0 unspecified atom stereocenters. The van der Waals surface area contributed by atoms with Crippen LogP contribution in [0.5, 0.6) is 5.75 Å². The number of aromatic nitrogens is 2. The summed E-state index contributed by atoms with van der Waals surface area (Å²) in [5, 5.41) is 5.50. The second kappa shape index (κ2) is 6.76. The van der Waals surface area contributed by atoms with Gasteiger partial charge in [0.25, 0.3) is 0 Å². The van der Waals surface area contributed by atoms with Gasteiger partial charge in [0.2, 0.25) is 0 Å². The van der Waals surface area contributed by atoms with Crippen LogP contribution in [0.1, 0.15) is 5.56 Å². The van der Waals surface area contributed by atoms with Crippen LogP contribution in [0.25, 0.3) is 10.9 Å². The molecule has 126 valence electrons. The Morgan fingerprint density at radius 3 is 2.46 bits per heavy atom. The number of halogens is 3. The number of ether oxygens (including phenoxy) is 1. The number of para-hydroxylation sites is 1. The van der Waals surface area contributed by atoms with E-state index in [4.69, 9.17) is 4.74 Å². The molecule has 0 atom stereocenters. The Morgan fingerprint density at radius 1 is 1.08 bits per heavy atom. The molecule has 3 nitrogen and oxygen atoms in total. The number of rotatable bonds is 5. The lowest BCUT2D eigenvalue weighted by Crippen LogP contribution is -2.18. The minimum Gasteiger partial charge on any atom is -0.497 e. The van der Waals surface area contributed by atoms with Crippen LogP contribution in [0.2, 0.25) is 0 Å². The van der Waals surface area contributed by atoms with Gasteiger partial charge in [0.05, 0.1) is 12.6 Å². The first-order chi connectivity index (χ1) is 11.5. The molecule has 0 spiro atoms. The van der Waals surface area contributed by atoms with Crippen molar-refractivity contribution in [1.29, 1.82) is 0 Å². The number of methoxy groups -OCH3 is 1. The Labute approximate surface area is 141 Å². The molecular formula is C17H15F3N2OS. The van der Waals surface area contributed by atoms with E-state index >= 15 is 0 Å². The Balaban J connectivity index is 1.83. The average Bonchev–Trinajstić information content (AvgIpc) is 2.90. The van der Waals surface area contributed by atoms with Crippen molar-refractivity contribution in [2.45, 2.75) is 23.5 Å². The van der Waals surface area contributed by atoms with Crippen LogP contribution in [0.15, 0.2) is 53.6 Å². The average molecular weight is 352 g/mol. The third kappa shape index (κ3) is 3.84. The molecule has 3 aromatic rings. The van der Waals surface area contributed by atoms with E-state index < -0.39 is 12.7 Å². The van der Waals surface area contributed by atoms with Crippen LogP contribution < -0.4 is 4.74 Å². The maximum Gasteiger partial charge on any atom is 0.408 e. The van der Waals surface area contributed by atoms with Crippen LogP contribution in [-0.2, 0) is 12.3 Å². The summed E-state index contributed by atoms with van der Waals surface area (Å²) in [5.41, 5.74) is 1.54. The van der Waals surface area contributed by atoms with Gasteiger partial charge >= 0.3 is 6.18 Å². The molecule has 0 aliphatic heterocycles. The molecule has 24 heavy (non-hydrogen) atoms. The SMILES string of the molecule is COc1ccc(CSc2nn(CC(F)(F)F)c3ccccc23)cc1. The monoisotopic (exact) mass is 352 g/mol. The molecule has 0 saturated heterocycles. The van der Waals surface area contributed by atoms with E-state index in [2.05, 4.69) is 5.10 Å². The van der Waals surface area contributed by atoms with Crippen LogP contribution >= 0.6 is 11.8 Å². The largest absolute Gasteiger partial charge is 0.497 e. The van der Waals surface area contributed by atoms with Crippen molar-refractivity contribution in [1.82, 2.24) is 9.78 Å². The van der Waals surface area contributed by atoms with Gasteiger partial charge in [0.1, 0.15) is 17.3 Å². The van der Waals surface area contributed by atoms with Gasteiger partial charge in [-0.1, -0.05) is 42.1 Å². The Morgan fingerprint density at radius 2 is 1.79 bits per heavy atom. The molecule has 2 aromatic carbocycles. The summed E-state index contributed by atoms with van der Waals surface area (Å²) in [4.78, 5) is 0. The normalized spacial score (nSPS) is 11.8. The van der Waals surface area contributed by atoms with Crippen molar-refractivity contribution in [3.8, 4) is 5.75 Å². The Kier molecular flexibility index (Phi) is 4.71. The molecule has 7 heteroatoms. The summed E-state index contributed by atoms with van der Waals surface area (Å²) < 4.78 is 44.3. The molecule has 3 rings (SSSR count). The van der Waals surface area contributed by atoms with Crippen molar-refractivity contribution in [3.05, 3.63) is 54.1 Å². The highest BCUT2D eigenvalue weighted by molar-refractivity contribution is 7.98. The number of benzene rings is 2. The summed E-state index contributed by atoms with van der Waals surface area (Å²) in [6.45, 7) is -1.09. The molecular weight excluding hydrogens is 337 g/mol. The van der Waals surface area contributed by atoms with Crippen LogP contribution in [0, 0.1) is 0 Å². The fourth-order valence-electron chi connectivity index (χ4n) is 2.37. The molecule has 0 aliphatic carbocycles. The van der Waals surface area contributed by atoms with E-state index in [1.54, 1.807) is 31.4 Å². The first kappa shape index (κ1) is 16.7. The second-order valence-electron chi connectivity index (χ2n) is 5.23. The van der Waals surface area contributed by atoms with Crippen molar-refractivity contribution >= 4 is 22.7 Å². The molecule has 0 radical (unpaired) electrons. The second-order valence-corrected chi connectivity index (χ2v) is 6.20. The highest BCUT2D eigenvalue weighted by Crippen LogP contribution is 2.31. The highest BCUT2D eigenvalue weighted by Gasteiger charge is 2.29. The predicted octanol–water partition coefficient (Wildman–Crippen LogP) is 4.90. The van der Waals surface area contributed by atoms with Crippen LogP contribution in [-0.4, -0.2) is 23.1 Å². The highest BCUT2D eigenvalue weighted by atomic mass is 32.2. The summed E-state index contributed by atoms with van der Waals surface area (Å²) in [5.74, 6) is 1.39. The predicted molar refractivity (Wildman–Crippen MR) is 88.3 cm³/mol. The van der Waals surface area contributed by atoms with Gasteiger partial charge in [-0.25, -0.2) is 0 Å². The lowest BCUT2D eigenvalue weighted by atomic mass is 10.2. The molecule has 1 aromatic heterocycles. The fraction of sp³-hybridized carbons (Fsp3) is 0.235. The number of hydrogen-bond acceptors (Lipinski definition) is 3. The van der Waals surface area contributed by atoms with Gasteiger partial charge < -0.3 is 4.74 Å². The summed E-state index contributed by atoms with van der Waals surface area (Å²) in [6, 6.07) is 14.6. The Hall–Kier alpha value is -2.15. The van der Waals surface area contributed by atoms with E-state index in [0.717, 1.165) is 21.4 Å². The van der Waals surface area contributed by atoms with Crippen molar-refractivity contribution in [2.75, 3.05) is 7.11 Å². The summed E-state index contributed by atoms with van der Waals surface area (Å²) in [6.07, 6.45) is -4.30. The van der Waals surface area contributed by atoms with E-state index in [9.17, 15) is 13.2 Å². The van der Waals surface area contributed by atoms with E-state index in [0.29, 0.717) is 16.3 Å². The third-order valence-corrected chi connectivity index (χ3v) is 4.54. The number of nitrogens with zero attached hydrogens (tertiary/aromatic N) is 2. The Bertz CT molecular complexity index is 828. The zero-order valence-electron chi connectivity index (χ0n) is 12.9. The fourth-order valence-corrected chi connectivity index (χ4v) is 3.35. The minimum absolute atomic E-state index is 0.493. The quantitative estimate of drug-likeness (QED) is 0.611. The number of alkyl halides is 3. The lowest BCUT2D eigenvalue weighted by molar-refractivity contribution is -0.142. The molecule has 0 aliphatic rings. The maximum absolute atomic E-state index is 12.7. The smallest absolute Gasteiger partial charge is 0.408 e. The first-order valence-corrected chi connectivity index (χ1v) is 8.23. The topological polar surface area (TPSA) is 27.1 Å². The van der Waals surface area contributed by atoms with Gasteiger partial charge in [0.15, 0.2) is 0 Å². The van der Waals surface area contributed by atoms with Crippen LogP contribution in [0.4, 0.5) is 13.2 Å². The molecule has 0 N–H and O–H groups in total. The maximum atomic E-state index is 12.7. The van der Waals surface area contributed by atoms with E-state index in [-0.39, 0.29) is 0 Å². The zero-order chi connectivity index (χ0) is 17.2. The summed E-state index contributed by atoms with van der Waals surface area (Å²) >= 11 is 1.42. The zero-order valence-corrected chi connectivity index (χ0v) is 13.7. The van der Waals surface area contributed by atoms with Gasteiger partial charge in [-0.2, -0.15) is 18.3 Å². The van der Waals surface area contributed by atoms with Gasteiger partial charge in [0, 0.05) is 11.1 Å². The van der Waals surface area contributed by atoms with E-state index in [1.165, 1.54) is 11.8 Å². The van der Waals surface area contributed by atoms with Gasteiger partial charge in [-0.3, -0.25) is 4.68 Å². The molecule has 0 amide bonds. The lowest BCUT2D eigenvalue weighted by Gasteiger charge is -2.06. The van der Waals surface area contributed by atoms with Crippen molar-refractivity contribution in [2.24, 2.45) is 0 Å². The standard InChI is InChI=1S/C17H15F3N2OS/c1-23-13-8-6-12(7-9-13)10-24-16-14-4-2-3-5-15(14)22(21-16)11-17(18,19)20/h2-9H,10-11H2,1H3. The number of hydrogen-bond donors (Lipinski definition) is 0. The summed E-state index contributed by atoms with van der Waals surface area (Å²) in [7, 11) is 1.60. The van der Waals surface area contributed by atoms with Crippen LogP contribution in [0.3, 0.4) is 0 Å². The number of thioether (sulfide) groups is 1. The number of fused-ring (bicyclic) bond motifs is 1. The third-order valence-electron chi connectivity index (χ3n) is 3.49. The van der Waals surface area contributed by atoms with Gasteiger partial charge in [-0.05, 0) is 23.8 Å². The molecule has 0 fully saturated rings.